The molecule has 1 aliphatic rings. The largest absolute Gasteiger partial charge is 0.497 e. The fraction of sp³-hybridized carbons (Fsp3) is 0.261. The Kier molecular flexibility index (Phi) is 5.08. The van der Waals surface area contributed by atoms with Gasteiger partial charge in [-0.15, -0.1) is 5.10 Å². The molecule has 0 bridgehead atoms. The summed E-state index contributed by atoms with van der Waals surface area (Å²) in [4.78, 5) is 9.09. The highest BCUT2D eigenvalue weighted by atomic mass is 19.2. The van der Waals surface area contributed by atoms with Gasteiger partial charge in [0.1, 0.15) is 11.6 Å². The molecule has 1 saturated carbocycles. The lowest BCUT2D eigenvalue weighted by Gasteiger charge is -2.13. The minimum atomic E-state index is -0.990. The van der Waals surface area contributed by atoms with Crippen LogP contribution in [0.5, 0.6) is 5.75 Å². The zero-order valence-electron chi connectivity index (χ0n) is 17.5. The maximum absolute atomic E-state index is 14.8. The van der Waals surface area contributed by atoms with Crippen molar-refractivity contribution in [3.63, 3.8) is 0 Å². The van der Waals surface area contributed by atoms with Crippen LogP contribution < -0.4 is 15.8 Å². The topological polar surface area (TPSA) is 90.9 Å². The van der Waals surface area contributed by atoms with Crippen molar-refractivity contribution in [2.24, 2.45) is 0 Å². The van der Waals surface area contributed by atoms with E-state index in [1.54, 1.807) is 31.4 Å². The average Bonchev–Trinajstić information content (AvgIpc) is 3.43. The molecule has 4 aromatic rings. The Hall–Kier alpha value is -3.75. The number of fused-ring (bicyclic) bond motifs is 1. The second-order valence-electron chi connectivity index (χ2n) is 7.82. The molecule has 0 atom stereocenters. The molecule has 9 heteroatoms. The molecule has 0 amide bonds. The molecule has 3 N–H and O–H groups in total. The van der Waals surface area contributed by atoms with E-state index in [9.17, 15) is 8.78 Å². The van der Waals surface area contributed by atoms with Crippen LogP contribution in [0.25, 0.3) is 28.0 Å². The Morgan fingerprint density at radius 2 is 1.81 bits per heavy atom. The Morgan fingerprint density at radius 1 is 1.06 bits per heavy atom. The van der Waals surface area contributed by atoms with E-state index in [2.05, 4.69) is 20.4 Å². The standard InChI is InChI=1S/C23H22F2N6O/c1-32-15-11-9-14(10-12-15)31-21(26)18-20(16-7-4-8-17(24)19(16)25)28-23(29-22(18)30-31)27-13-5-2-3-6-13/h4,7-13H,2-3,5-6,26H2,1H3,(H,27,29,30). The van der Waals surface area contributed by atoms with Crippen LogP contribution in [-0.4, -0.2) is 32.9 Å². The number of nitrogens with two attached hydrogens (primary N) is 1. The van der Waals surface area contributed by atoms with Gasteiger partial charge < -0.3 is 15.8 Å². The Morgan fingerprint density at radius 3 is 2.53 bits per heavy atom. The Labute approximate surface area is 183 Å². The number of methoxy groups -OCH3 is 1. The van der Waals surface area contributed by atoms with Crippen LogP contribution in [-0.2, 0) is 0 Å². The van der Waals surface area contributed by atoms with Crippen molar-refractivity contribution in [1.82, 2.24) is 19.7 Å². The summed E-state index contributed by atoms with van der Waals surface area (Å²) in [5.74, 6) is -0.704. The van der Waals surface area contributed by atoms with Crippen molar-refractivity contribution in [2.45, 2.75) is 31.7 Å². The van der Waals surface area contributed by atoms with Crippen LogP contribution in [0.4, 0.5) is 20.5 Å². The van der Waals surface area contributed by atoms with Crippen LogP contribution in [0.15, 0.2) is 42.5 Å². The lowest BCUT2D eigenvalue weighted by molar-refractivity contribution is 0.414. The van der Waals surface area contributed by atoms with Gasteiger partial charge in [-0.2, -0.15) is 4.98 Å². The van der Waals surface area contributed by atoms with Gasteiger partial charge in [0.25, 0.3) is 0 Å². The second-order valence-corrected chi connectivity index (χ2v) is 7.82. The van der Waals surface area contributed by atoms with Crippen LogP contribution >= 0.6 is 0 Å². The average molecular weight is 436 g/mol. The molecule has 32 heavy (non-hydrogen) atoms. The van der Waals surface area contributed by atoms with Gasteiger partial charge in [0, 0.05) is 11.6 Å². The van der Waals surface area contributed by atoms with Crippen molar-refractivity contribution < 1.29 is 13.5 Å². The summed E-state index contributed by atoms with van der Waals surface area (Å²) in [6, 6.07) is 11.4. The smallest absolute Gasteiger partial charge is 0.225 e. The van der Waals surface area contributed by atoms with E-state index in [-0.39, 0.29) is 23.1 Å². The molecule has 0 aliphatic heterocycles. The Balaban J connectivity index is 1.71. The normalized spacial score (nSPS) is 14.2. The molecule has 5 rings (SSSR count). The number of halogens is 2. The molecular formula is C23H22F2N6O. The molecule has 0 spiro atoms. The maximum Gasteiger partial charge on any atom is 0.225 e. The first kappa shape index (κ1) is 20.2. The third-order valence-corrected chi connectivity index (χ3v) is 5.78. The molecule has 7 nitrogen and oxygen atoms in total. The first-order chi connectivity index (χ1) is 15.5. The molecule has 0 unspecified atom stereocenters. The second kappa shape index (κ2) is 8.07. The predicted octanol–water partition coefficient (Wildman–Crippen LogP) is 4.71. The molecular weight excluding hydrogens is 414 g/mol. The van der Waals surface area contributed by atoms with Gasteiger partial charge in [-0.3, -0.25) is 0 Å². The number of nitrogens with one attached hydrogen (secondary N) is 1. The van der Waals surface area contributed by atoms with Crippen molar-refractivity contribution >= 4 is 22.8 Å². The number of rotatable bonds is 5. The van der Waals surface area contributed by atoms with E-state index in [1.807, 2.05) is 0 Å². The van der Waals surface area contributed by atoms with Crippen molar-refractivity contribution in [3.05, 3.63) is 54.1 Å². The number of aromatic nitrogens is 4. The monoisotopic (exact) mass is 436 g/mol. The number of hydrogen-bond donors (Lipinski definition) is 2. The van der Waals surface area contributed by atoms with Crippen molar-refractivity contribution in [3.8, 4) is 22.7 Å². The molecule has 0 radical (unpaired) electrons. The minimum absolute atomic E-state index is 0.00727. The summed E-state index contributed by atoms with van der Waals surface area (Å²) < 4.78 is 35.5. The summed E-state index contributed by atoms with van der Waals surface area (Å²) in [6.45, 7) is 0. The number of benzene rings is 2. The zero-order valence-corrected chi connectivity index (χ0v) is 17.5. The van der Waals surface area contributed by atoms with Crippen LogP contribution in [0.3, 0.4) is 0 Å². The van der Waals surface area contributed by atoms with E-state index in [0.717, 1.165) is 31.7 Å². The van der Waals surface area contributed by atoms with Gasteiger partial charge in [-0.25, -0.2) is 18.4 Å². The van der Waals surface area contributed by atoms with Gasteiger partial charge >= 0.3 is 0 Å². The van der Waals surface area contributed by atoms with E-state index in [0.29, 0.717) is 28.4 Å². The van der Waals surface area contributed by atoms with Gasteiger partial charge in [0.2, 0.25) is 5.95 Å². The highest BCUT2D eigenvalue weighted by Crippen LogP contribution is 2.35. The molecule has 2 aromatic carbocycles. The van der Waals surface area contributed by atoms with E-state index in [1.165, 1.54) is 16.8 Å². The van der Waals surface area contributed by atoms with Gasteiger partial charge in [0.15, 0.2) is 17.3 Å². The number of hydrogen-bond acceptors (Lipinski definition) is 6. The first-order valence-electron chi connectivity index (χ1n) is 10.5. The summed E-state index contributed by atoms with van der Waals surface area (Å²) in [6.07, 6.45) is 4.27. The van der Waals surface area contributed by atoms with Crippen LogP contribution in [0.1, 0.15) is 25.7 Å². The van der Waals surface area contributed by atoms with E-state index in [4.69, 9.17) is 10.5 Å². The van der Waals surface area contributed by atoms with Gasteiger partial charge in [-0.05, 0) is 49.2 Å². The fourth-order valence-corrected chi connectivity index (χ4v) is 4.13. The van der Waals surface area contributed by atoms with E-state index >= 15 is 0 Å². The number of nitrogen functional groups attached to an aromatic ring is 1. The molecule has 2 heterocycles. The maximum atomic E-state index is 14.8. The number of ether oxygens (including phenoxy) is 1. The van der Waals surface area contributed by atoms with Crippen molar-refractivity contribution in [1.29, 1.82) is 0 Å². The highest BCUT2D eigenvalue weighted by Gasteiger charge is 2.23. The fourth-order valence-electron chi connectivity index (χ4n) is 4.13. The highest BCUT2D eigenvalue weighted by molar-refractivity contribution is 5.99. The van der Waals surface area contributed by atoms with Crippen LogP contribution in [0, 0.1) is 11.6 Å². The predicted molar refractivity (Wildman–Crippen MR) is 119 cm³/mol. The molecule has 0 saturated heterocycles. The summed E-state index contributed by atoms with van der Waals surface area (Å²) in [7, 11) is 1.58. The lowest BCUT2D eigenvalue weighted by atomic mass is 10.1. The van der Waals surface area contributed by atoms with Crippen LogP contribution in [0.2, 0.25) is 0 Å². The quantitative estimate of drug-likeness (QED) is 0.471. The van der Waals surface area contributed by atoms with E-state index < -0.39 is 11.6 Å². The molecule has 2 aromatic heterocycles. The zero-order chi connectivity index (χ0) is 22.2. The minimum Gasteiger partial charge on any atom is -0.497 e. The Bertz CT molecular complexity index is 1280. The third-order valence-electron chi connectivity index (χ3n) is 5.78. The summed E-state index contributed by atoms with van der Waals surface area (Å²) >= 11 is 0. The SMILES string of the molecule is COc1ccc(-n2nc3nc(NC4CCCC4)nc(-c4cccc(F)c4F)c3c2N)cc1. The van der Waals surface area contributed by atoms with Crippen molar-refractivity contribution in [2.75, 3.05) is 18.2 Å². The first-order valence-corrected chi connectivity index (χ1v) is 10.5. The number of nitrogens with zero attached hydrogens (tertiary/aromatic N) is 4. The number of anilines is 2. The molecule has 1 fully saturated rings. The van der Waals surface area contributed by atoms with Gasteiger partial charge in [-0.1, -0.05) is 18.9 Å². The molecule has 164 valence electrons. The summed E-state index contributed by atoms with van der Waals surface area (Å²) in [5, 5.41) is 8.23. The lowest BCUT2D eigenvalue weighted by Crippen LogP contribution is -2.17. The molecule has 1 aliphatic carbocycles. The third kappa shape index (κ3) is 3.49. The van der Waals surface area contributed by atoms with Gasteiger partial charge in [0.05, 0.1) is 23.9 Å². The summed E-state index contributed by atoms with van der Waals surface area (Å²) in [5.41, 5.74) is 7.62.